The topological polar surface area (TPSA) is 76.4 Å². The van der Waals surface area contributed by atoms with Gasteiger partial charge in [0.2, 0.25) is 0 Å². The van der Waals surface area contributed by atoms with Crippen molar-refractivity contribution in [1.29, 1.82) is 5.26 Å². The summed E-state index contributed by atoms with van der Waals surface area (Å²) in [6.45, 7) is 0. The molecule has 5 nitrogen and oxygen atoms in total. The monoisotopic (exact) mass is 259 g/mol. The maximum atomic E-state index is 11.6. The highest BCUT2D eigenvalue weighted by atomic mass is 16.5. The van der Waals surface area contributed by atoms with Crippen molar-refractivity contribution in [1.82, 2.24) is 0 Å². The third kappa shape index (κ3) is 3.96. The summed E-state index contributed by atoms with van der Waals surface area (Å²) in [4.78, 5) is 22.8. The van der Waals surface area contributed by atoms with E-state index in [4.69, 9.17) is 5.26 Å². The number of hydrogen-bond donors (Lipinski definition) is 0. The van der Waals surface area contributed by atoms with Gasteiger partial charge in [0.1, 0.15) is 0 Å². The first kappa shape index (κ1) is 14.5. The largest absolute Gasteiger partial charge is 0.469 e. The van der Waals surface area contributed by atoms with Crippen LogP contribution < -0.4 is 0 Å². The van der Waals surface area contributed by atoms with Crippen molar-refractivity contribution in [3.05, 3.63) is 41.0 Å². The number of esters is 2. The molecule has 0 atom stereocenters. The zero-order valence-electron chi connectivity index (χ0n) is 10.7. The van der Waals surface area contributed by atoms with E-state index in [-0.39, 0.29) is 12.0 Å². The fraction of sp³-hybridized carbons (Fsp3) is 0.214. The van der Waals surface area contributed by atoms with Gasteiger partial charge < -0.3 is 9.47 Å². The van der Waals surface area contributed by atoms with Crippen LogP contribution >= 0.6 is 0 Å². The van der Waals surface area contributed by atoms with E-state index < -0.39 is 11.9 Å². The Kier molecular flexibility index (Phi) is 5.30. The molecule has 0 bridgehead atoms. The van der Waals surface area contributed by atoms with Crippen LogP contribution in [0.25, 0.3) is 6.08 Å². The number of rotatable bonds is 4. The molecule has 0 spiro atoms. The number of ether oxygens (including phenoxy) is 2. The second-order valence-corrected chi connectivity index (χ2v) is 3.61. The summed E-state index contributed by atoms with van der Waals surface area (Å²) < 4.78 is 9.12. The number of benzene rings is 1. The molecule has 0 heterocycles. The molecule has 0 aliphatic rings. The molecule has 1 aromatic rings. The van der Waals surface area contributed by atoms with Crippen molar-refractivity contribution in [2.24, 2.45) is 0 Å². The van der Waals surface area contributed by atoms with Gasteiger partial charge in [0.25, 0.3) is 0 Å². The Morgan fingerprint density at radius 1 is 1.26 bits per heavy atom. The first-order chi connectivity index (χ1) is 9.12. The lowest BCUT2D eigenvalue weighted by Crippen LogP contribution is -2.11. The molecule has 0 N–H and O–H groups in total. The van der Waals surface area contributed by atoms with Crippen LogP contribution in [0.4, 0.5) is 0 Å². The van der Waals surface area contributed by atoms with Crippen molar-refractivity contribution >= 4 is 18.0 Å². The lowest BCUT2D eigenvalue weighted by molar-refractivity contribution is -0.143. The molecule has 1 rings (SSSR count). The van der Waals surface area contributed by atoms with Gasteiger partial charge >= 0.3 is 11.9 Å². The molecule has 0 saturated heterocycles. The van der Waals surface area contributed by atoms with Gasteiger partial charge in [-0.25, -0.2) is 4.79 Å². The van der Waals surface area contributed by atoms with E-state index in [1.54, 1.807) is 24.3 Å². The van der Waals surface area contributed by atoms with Crippen molar-refractivity contribution < 1.29 is 19.1 Å². The lowest BCUT2D eigenvalue weighted by atomic mass is 10.0. The summed E-state index contributed by atoms with van der Waals surface area (Å²) in [6, 6.07) is 8.77. The molecule has 0 aliphatic heterocycles. The van der Waals surface area contributed by atoms with E-state index in [1.807, 2.05) is 6.07 Å². The van der Waals surface area contributed by atoms with Gasteiger partial charge in [-0.3, -0.25) is 4.79 Å². The van der Waals surface area contributed by atoms with Crippen LogP contribution in [-0.2, 0) is 19.1 Å². The van der Waals surface area contributed by atoms with Crippen LogP contribution in [0, 0.1) is 11.3 Å². The SMILES string of the molecule is COC(=O)C/C(=C\c1ccccc1C#N)C(=O)OC. The zero-order valence-corrected chi connectivity index (χ0v) is 10.7. The molecule has 0 aromatic heterocycles. The quantitative estimate of drug-likeness (QED) is 0.607. The Morgan fingerprint density at radius 2 is 1.95 bits per heavy atom. The van der Waals surface area contributed by atoms with Gasteiger partial charge in [-0.2, -0.15) is 5.26 Å². The van der Waals surface area contributed by atoms with Crippen molar-refractivity contribution in [2.45, 2.75) is 6.42 Å². The molecule has 19 heavy (non-hydrogen) atoms. The van der Waals surface area contributed by atoms with Crippen LogP contribution in [0.2, 0.25) is 0 Å². The predicted molar refractivity (Wildman–Crippen MR) is 67.8 cm³/mol. The van der Waals surface area contributed by atoms with Gasteiger partial charge in [0.15, 0.2) is 0 Å². The normalized spacial score (nSPS) is 10.5. The van der Waals surface area contributed by atoms with Crippen molar-refractivity contribution in [2.75, 3.05) is 14.2 Å². The molecule has 98 valence electrons. The minimum atomic E-state index is -0.627. The first-order valence-corrected chi connectivity index (χ1v) is 5.47. The summed E-state index contributed by atoms with van der Waals surface area (Å²) in [6.07, 6.45) is 1.25. The fourth-order valence-corrected chi connectivity index (χ4v) is 1.45. The number of nitriles is 1. The molecule has 0 amide bonds. The lowest BCUT2D eigenvalue weighted by Gasteiger charge is -2.05. The van der Waals surface area contributed by atoms with Crippen molar-refractivity contribution in [3.8, 4) is 6.07 Å². The van der Waals surface area contributed by atoms with Crippen LogP contribution in [0.1, 0.15) is 17.5 Å². The maximum absolute atomic E-state index is 11.6. The average molecular weight is 259 g/mol. The maximum Gasteiger partial charge on any atom is 0.334 e. The second-order valence-electron chi connectivity index (χ2n) is 3.61. The Labute approximate surface area is 111 Å². The molecule has 0 unspecified atom stereocenters. The van der Waals surface area contributed by atoms with E-state index in [0.717, 1.165) is 0 Å². The van der Waals surface area contributed by atoms with E-state index >= 15 is 0 Å². The molecule has 0 fully saturated rings. The van der Waals surface area contributed by atoms with Gasteiger partial charge in [-0.05, 0) is 17.7 Å². The fourth-order valence-electron chi connectivity index (χ4n) is 1.45. The predicted octanol–water partition coefficient (Wildman–Crippen LogP) is 1.68. The standard InChI is InChI=1S/C14H13NO4/c1-18-13(16)8-12(14(17)19-2)7-10-5-3-4-6-11(10)9-15/h3-7H,8H2,1-2H3/b12-7+. The van der Waals surface area contributed by atoms with Crippen LogP contribution in [0.15, 0.2) is 29.8 Å². The van der Waals surface area contributed by atoms with Crippen LogP contribution in [0.5, 0.6) is 0 Å². The summed E-state index contributed by atoms with van der Waals surface area (Å²) in [5.74, 6) is -1.18. The summed E-state index contributed by atoms with van der Waals surface area (Å²) in [5, 5.41) is 8.97. The van der Waals surface area contributed by atoms with E-state index in [9.17, 15) is 9.59 Å². The van der Waals surface area contributed by atoms with Crippen molar-refractivity contribution in [3.63, 3.8) is 0 Å². The minimum Gasteiger partial charge on any atom is -0.469 e. The Balaban J connectivity index is 3.16. The zero-order chi connectivity index (χ0) is 14.3. The van der Waals surface area contributed by atoms with E-state index in [0.29, 0.717) is 11.1 Å². The number of methoxy groups -OCH3 is 2. The van der Waals surface area contributed by atoms with Gasteiger partial charge in [0.05, 0.1) is 32.3 Å². The molecule has 1 aromatic carbocycles. The van der Waals surface area contributed by atoms with E-state index in [1.165, 1.54) is 20.3 Å². The van der Waals surface area contributed by atoms with Gasteiger partial charge in [0, 0.05) is 5.57 Å². The molecule has 0 aliphatic carbocycles. The third-order valence-electron chi connectivity index (χ3n) is 2.42. The highest BCUT2D eigenvalue weighted by Gasteiger charge is 2.15. The Morgan fingerprint density at radius 3 is 2.53 bits per heavy atom. The highest BCUT2D eigenvalue weighted by molar-refractivity contribution is 5.98. The third-order valence-corrected chi connectivity index (χ3v) is 2.42. The van der Waals surface area contributed by atoms with Gasteiger partial charge in [-0.1, -0.05) is 18.2 Å². The minimum absolute atomic E-state index is 0.136. The summed E-state index contributed by atoms with van der Waals surface area (Å²) >= 11 is 0. The van der Waals surface area contributed by atoms with Gasteiger partial charge in [-0.15, -0.1) is 0 Å². The Hall–Kier alpha value is -2.61. The van der Waals surface area contributed by atoms with E-state index in [2.05, 4.69) is 9.47 Å². The first-order valence-electron chi connectivity index (χ1n) is 5.47. The highest BCUT2D eigenvalue weighted by Crippen LogP contribution is 2.15. The number of carbonyl (C=O) groups excluding carboxylic acids is 2. The number of carbonyl (C=O) groups is 2. The molecular weight excluding hydrogens is 246 g/mol. The van der Waals surface area contributed by atoms with Crippen LogP contribution in [-0.4, -0.2) is 26.2 Å². The number of nitrogens with zero attached hydrogens (tertiary/aromatic N) is 1. The molecular formula is C14H13NO4. The second kappa shape index (κ2) is 6.97. The molecule has 0 radical (unpaired) electrons. The number of hydrogen-bond acceptors (Lipinski definition) is 5. The molecule has 5 heteroatoms. The van der Waals surface area contributed by atoms with Crippen LogP contribution in [0.3, 0.4) is 0 Å². The molecule has 0 saturated carbocycles. The summed E-state index contributed by atoms with van der Waals surface area (Å²) in [7, 11) is 2.46. The summed E-state index contributed by atoms with van der Waals surface area (Å²) in [5.41, 5.74) is 1.10. The average Bonchev–Trinajstić information content (AvgIpc) is 2.45. The Bertz CT molecular complexity index is 555. The smallest absolute Gasteiger partial charge is 0.334 e.